The van der Waals surface area contributed by atoms with Gasteiger partial charge in [-0.3, -0.25) is 10.6 Å². The Morgan fingerprint density at radius 3 is 2.72 bits per heavy atom. The van der Waals surface area contributed by atoms with Crippen LogP contribution in [0.3, 0.4) is 0 Å². The fraction of sp³-hybridized carbons (Fsp3) is 0.500. The Morgan fingerprint density at radius 1 is 1.39 bits per heavy atom. The number of carbonyl (C=O) groups is 1. The maximum atomic E-state index is 12.2. The van der Waals surface area contributed by atoms with E-state index in [-0.39, 0.29) is 5.91 Å². The number of nitrogens with two attached hydrogens (primary N) is 1. The first-order valence-corrected chi connectivity index (χ1v) is 6.48. The molecule has 4 nitrogen and oxygen atoms in total. The van der Waals surface area contributed by atoms with E-state index in [0.717, 1.165) is 35.6 Å². The monoisotopic (exact) mass is 247 g/mol. The summed E-state index contributed by atoms with van der Waals surface area (Å²) in [5, 5.41) is 3.11. The van der Waals surface area contributed by atoms with Gasteiger partial charge in [-0.15, -0.1) is 0 Å². The Balaban J connectivity index is 2.04. The van der Waals surface area contributed by atoms with E-state index in [4.69, 9.17) is 5.84 Å². The number of rotatable bonds is 3. The second-order valence-corrected chi connectivity index (χ2v) is 5.26. The normalized spacial score (nSPS) is 22.8. The topological polar surface area (TPSA) is 67.1 Å². The Morgan fingerprint density at radius 2 is 2.17 bits per heavy atom. The van der Waals surface area contributed by atoms with Crippen LogP contribution in [0.4, 0.5) is 5.69 Å². The van der Waals surface area contributed by atoms with Gasteiger partial charge in [-0.2, -0.15) is 0 Å². The second-order valence-electron chi connectivity index (χ2n) is 5.26. The third-order valence-electron chi connectivity index (χ3n) is 3.67. The smallest absolute Gasteiger partial charge is 0.251 e. The number of hydrogen-bond acceptors (Lipinski definition) is 3. The molecule has 0 aromatic heterocycles. The van der Waals surface area contributed by atoms with Gasteiger partial charge < -0.3 is 10.7 Å². The van der Waals surface area contributed by atoms with Crippen molar-refractivity contribution >= 4 is 11.6 Å². The van der Waals surface area contributed by atoms with Gasteiger partial charge in [-0.25, -0.2) is 0 Å². The Kier molecular flexibility index (Phi) is 3.87. The summed E-state index contributed by atoms with van der Waals surface area (Å²) < 4.78 is 0. The number of aryl methyl sites for hydroxylation is 1. The quantitative estimate of drug-likeness (QED) is 0.566. The van der Waals surface area contributed by atoms with Crippen molar-refractivity contribution in [3.63, 3.8) is 0 Å². The highest BCUT2D eigenvalue weighted by molar-refractivity contribution is 5.96. The summed E-state index contributed by atoms with van der Waals surface area (Å²) in [7, 11) is 0. The zero-order valence-corrected chi connectivity index (χ0v) is 11.0. The van der Waals surface area contributed by atoms with Gasteiger partial charge in [0.25, 0.3) is 5.91 Å². The van der Waals surface area contributed by atoms with Crippen molar-refractivity contribution in [1.29, 1.82) is 0 Å². The van der Waals surface area contributed by atoms with Gasteiger partial charge in [0.2, 0.25) is 0 Å². The molecule has 1 aliphatic carbocycles. The van der Waals surface area contributed by atoms with Crippen LogP contribution >= 0.6 is 0 Å². The minimum Gasteiger partial charge on any atom is -0.349 e. The second kappa shape index (κ2) is 5.40. The Bertz CT molecular complexity index is 445. The fourth-order valence-electron chi connectivity index (χ4n) is 2.61. The number of amides is 1. The zero-order chi connectivity index (χ0) is 13.1. The SMILES string of the molecule is Cc1cc(NN)ccc1C(=O)NC1CCC(C)C1. The average molecular weight is 247 g/mol. The third kappa shape index (κ3) is 2.82. The predicted octanol–water partition coefficient (Wildman–Crippen LogP) is 2.20. The fourth-order valence-corrected chi connectivity index (χ4v) is 2.61. The third-order valence-corrected chi connectivity index (χ3v) is 3.67. The molecule has 1 aromatic rings. The van der Waals surface area contributed by atoms with Crippen molar-refractivity contribution in [3.05, 3.63) is 29.3 Å². The zero-order valence-electron chi connectivity index (χ0n) is 11.0. The van der Waals surface area contributed by atoms with Gasteiger partial charge in [0.1, 0.15) is 0 Å². The van der Waals surface area contributed by atoms with E-state index in [1.165, 1.54) is 6.42 Å². The molecule has 0 aliphatic heterocycles. The lowest BCUT2D eigenvalue weighted by Gasteiger charge is -2.14. The van der Waals surface area contributed by atoms with Crippen LogP contribution in [0.25, 0.3) is 0 Å². The van der Waals surface area contributed by atoms with E-state index in [2.05, 4.69) is 17.7 Å². The van der Waals surface area contributed by atoms with Gasteiger partial charge in [0, 0.05) is 17.3 Å². The molecule has 0 saturated heterocycles. The van der Waals surface area contributed by atoms with E-state index in [1.807, 2.05) is 25.1 Å². The summed E-state index contributed by atoms with van der Waals surface area (Å²) in [6, 6.07) is 5.85. The molecule has 4 heteroatoms. The van der Waals surface area contributed by atoms with Crippen molar-refractivity contribution in [2.45, 2.75) is 39.2 Å². The van der Waals surface area contributed by atoms with Crippen LogP contribution in [-0.4, -0.2) is 11.9 Å². The van der Waals surface area contributed by atoms with Gasteiger partial charge in [-0.1, -0.05) is 6.92 Å². The molecule has 2 atom stereocenters. The van der Waals surface area contributed by atoms with E-state index >= 15 is 0 Å². The Labute approximate surface area is 108 Å². The lowest BCUT2D eigenvalue weighted by molar-refractivity contribution is 0.0936. The summed E-state index contributed by atoms with van der Waals surface area (Å²) in [6.45, 7) is 4.16. The molecule has 1 saturated carbocycles. The molecule has 4 N–H and O–H groups in total. The largest absolute Gasteiger partial charge is 0.349 e. The van der Waals surface area contributed by atoms with Crippen LogP contribution in [0.5, 0.6) is 0 Å². The van der Waals surface area contributed by atoms with Gasteiger partial charge in [0.15, 0.2) is 0 Å². The average Bonchev–Trinajstić information content (AvgIpc) is 2.74. The van der Waals surface area contributed by atoms with Crippen molar-refractivity contribution in [2.24, 2.45) is 11.8 Å². The summed E-state index contributed by atoms with van der Waals surface area (Å²) in [6.07, 6.45) is 3.39. The van der Waals surface area contributed by atoms with E-state index in [0.29, 0.717) is 6.04 Å². The van der Waals surface area contributed by atoms with Crippen LogP contribution in [0, 0.1) is 12.8 Å². The molecule has 0 bridgehead atoms. The highest BCUT2D eigenvalue weighted by Gasteiger charge is 2.23. The van der Waals surface area contributed by atoms with Gasteiger partial charge in [-0.05, 0) is 55.9 Å². The minimum atomic E-state index is 0.0233. The van der Waals surface area contributed by atoms with Crippen molar-refractivity contribution in [1.82, 2.24) is 5.32 Å². The van der Waals surface area contributed by atoms with E-state index < -0.39 is 0 Å². The first kappa shape index (κ1) is 12.9. The molecule has 2 rings (SSSR count). The number of anilines is 1. The predicted molar refractivity (Wildman–Crippen MR) is 73.3 cm³/mol. The van der Waals surface area contributed by atoms with Crippen molar-refractivity contribution < 1.29 is 4.79 Å². The first-order chi connectivity index (χ1) is 8.60. The molecular weight excluding hydrogens is 226 g/mol. The molecule has 1 aromatic carbocycles. The molecule has 0 spiro atoms. The molecule has 18 heavy (non-hydrogen) atoms. The first-order valence-electron chi connectivity index (χ1n) is 6.48. The van der Waals surface area contributed by atoms with Crippen LogP contribution in [-0.2, 0) is 0 Å². The molecule has 98 valence electrons. The molecule has 1 amide bonds. The molecule has 1 aliphatic rings. The maximum absolute atomic E-state index is 12.2. The van der Waals surface area contributed by atoms with E-state index in [9.17, 15) is 4.79 Å². The van der Waals surface area contributed by atoms with E-state index in [1.54, 1.807) is 0 Å². The van der Waals surface area contributed by atoms with Crippen molar-refractivity contribution in [3.8, 4) is 0 Å². The summed E-state index contributed by atoms with van der Waals surface area (Å²) in [4.78, 5) is 12.2. The van der Waals surface area contributed by atoms with Crippen LogP contribution < -0.4 is 16.6 Å². The summed E-state index contributed by atoms with van der Waals surface area (Å²) in [5.74, 6) is 6.09. The Hall–Kier alpha value is -1.55. The molecule has 0 heterocycles. The number of nitrogen functional groups attached to an aromatic ring is 1. The summed E-state index contributed by atoms with van der Waals surface area (Å²) >= 11 is 0. The standard InChI is InChI=1S/C14H21N3O/c1-9-3-4-11(7-9)16-14(18)13-6-5-12(17-15)8-10(13)2/h5-6,8-9,11,17H,3-4,7,15H2,1-2H3,(H,16,18). The lowest BCUT2D eigenvalue weighted by atomic mass is 10.1. The van der Waals surface area contributed by atoms with Crippen LogP contribution in [0.15, 0.2) is 18.2 Å². The van der Waals surface area contributed by atoms with Crippen LogP contribution in [0.1, 0.15) is 42.1 Å². The minimum absolute atomic E-state index is 0.0233. The molecule has 1 fully saturated rings. The lowest BCUT2D eigenvalue weighted by Crippen LogP contribution is -2.33. The summed E-state index contributed by atoms with van der Waals surface area (Å²) in [5.41, 5.74) is 5.07. The molecule has 2 unspecified atom stereocenters. The molecular formula is C14H21N3O. The highest BCUT2D eigenvalue weighted by Crippen LogP contribution is 2.25. The number of carbonyl (C=O) groups excluding carboxylic acids is 1. The highest BCUT2D eigenvalue weighted by atomic mass is 16.1. The van der Waals surface area contributed by atoms with Crippen molar-refractivity contribution in [2.75, 3.05) is 5.43 Å². The number of hydrogen-bond donors (Lipinski definition) is 3. The maximum Gasteiger partial charge on any atom is 0.251 e. The van der Waals surface area contributed by atoms with Crippen LogP contribution in [0.2, 0.25) is 0 Å². The van der Waals surface area contributed by atoms with Gasteiger partial charge in [0.05, 0.1) is 0 Å². The van der Waals surface area contributed by atoms with Gasteiger partial charge >= 0.3 is 0 Å². The number of nitrogens with one attached hydrogen (secondary N) is 2. The number of hydrazine groups is 1. The molecule has 0 radical (unpaired) electrons. The number of benzene rings is 1.